The molecule has 8 heteroatoms. The Kier molecular flexibility index (Phi) is 6.16. The van der Waals surface area contributed by atoms with E-state index in [2.05, 4.69) is 22.8 Å². The van der Waals surface area contributed by atoms with Gasteiger partial charge in [-0.1, -0.05) is 25.3 Å². The summed E-state index contributed by atoms with van der Waals surface area (Å²) in [5.74, 6) is 0.867. The topological polar surface area (TPSA) is 107 Å². The van der Waals surface area contributed by atoms with Crippen molar-refractivity contribution in [3.05, 3.63) is 53.1 Å². The Morgan fingerprint density at radius 1 is 1.15 bits per heavy atom. The number of aliphatic hydroxyl groups excluding tert-OH is 1. The Bertz CT molecular complexity index is 1510. The van der Waals surface area contributed by atoms with Gasteiger partial charge in [-0.3, -0.25) is 9.59 Å². The van der Waals surface area contributed by atoms with Crippen LogP contribution in [-0.4, -0.2) is 65.9 Å². The van der Waals surface area contributed by atoms with Gasteiger partial charge in [0.2, 0.25) is 11.8 Å². The fraction of sp³-hybridized carbons (Fsp3) is 0.500. The van der Waals surface area contributed by atoms with Crippen LogP contribution in [0.4, 0.5) is 0 Å². The molecule has 210 valence electrons. The van der Waals surface area contributed by atoms with E-state index in [0.29, 0.717) is 37.8 Å². The first-order valence-electron chi connectivity index (χ1n) is 14.6. The summed E-state index contributed by atoms with van der Waals surface area (Å²) in [5.41, 5.74) is 11.3. The van der Waals surface area contributed by atoms with E-state index >= 15 is 0 Å². The minimum absolute atomic E-state index is 0.0424. The fourth-order valence-corrected chi connectivity index (χ4v) is 7.79. The Balaban J connectivity index is 1.47. The van der Waals surface area contributed by atoms with Gasteiger partial charge in [-0.25, -0.2) is 0 Å². The third-order valence-corrected chi connectivity index (χ3v) is 9.93. The number of aliphatic hydroxyl groups is 1. The molecule has 1 aromatic heterocycles. The van der Waals surface area contributed by atoms with Crippen molar-refractivity contribution in [3.8, 4) is 17.0 Å². The summed E-state index contributed by atoms with van der Waals surface area (Å²) in [6, 6.07) is 11.8. The number of nitrogens with zero attached hydrogens (tertiary/aromatic N) is 2. The van der Waals surface area contributed by atoms with Gasteiger partial charge in [-0.15, -0.1) is 0 Å². The third kappa shape index (κ3) is 3.79. The van der Waals surface area contributed by atoms with Gasteiger partial charge >= 0.3 is 0 Å². The fourth-order valence-electron chi connectivity index (χ4n) is 7.79. The number of primary amides is 1. The second-order valence-corrected chi connectivity index (χ2v) is 12.1. The van der Waals surface area contributed by atoms with Gasteiger partial charge in [0.15, 0.2) is 0 Å². The largest absolute Gasteiger partial charge is 0.497 e. The Morgan fingerprint density at radius 2 is 1.98 bits per heavy atom. The number of fused-ring (bicyclic) bond motifs is 7. The van der Waals surface area contributed by atoms with E-state index in [-0.39, 0.29) is 24.5 Å². The number of aromatic nitrogens is 1. The van der Waals surface area contributed by atoms with Gasteiger partial charge in [-0.2, -0.15) is 0 Å². The minimum atomic E-state index is -0.643. The number of rotatable bonds is 5. The maximum absolute atomic E-state index is 14.5. The molecular weight excluding hydrogens is 506 g/mol. The van der Waals surface area contributed by atoms with E-state index in [1.807, 2.05) is 23.1 Å². The van der Waals surface area contributed by atoms with Crippen LogP contribution in [0.5, 0.6) is 5.75 Å². The Labute approximate surface area is 234 Å². The molecule has 2 aromatic carbocycles. The predicted octanol–water partition coefficient (Wildman–Crippen LogP) is 4.17. The van der Waals surface area contributed by atoms with Crippen LogP contribution in [0.15, 0.2) is 36.4 Å². The van der Waals surface area contributed by atoms with Crippen molar-refractivity contribution in [2.45, 2.75) is 62.9 Å². The first-order chi connectivity index (χ1) is 19.5. The second-order valence-electron chi connectivity index (χ2n) is 12.1. The molecule has 3 atom stereocenters. The lowest BCUT2D eigenvalue weighted by Crippen LogP contribution is -2.53. The zero-order valence-corrected chi connectivity index (χ0v) is 23.0. The van der Waals surface area contributed by atoms with Crippen molar-refractivity contribution in [1.29, 1.82) is 0 Å². The van der Waals surface area contributed by atoms with E-state index in [9.17, 15) is 14.7 Å². The summed E-state index contributed by atoms with van der Waals surface area (Å²) >= 11 is 0. The number of methoxy groups -OCH3 is 1. The predicted molar refractivity (Wildman–Crippen MR) is 151 cm³/mol. The summed E-state index contributed by atoms with van der Waals surface area (Å²) in [5, 5.41) is 11.2. The summed E-state index contributed by atoms with van der Waals surface area (Å²) < 4.78 is 13.6. The van der Waals surface area contributed by atoms with Crippen LogP contribution in [0.3, 0.4) is 0 Å². The summed E-state index contributed by atoms with van der Waals surface area (Å²) in [4.78, 5) is 28.6. The molecule has 3 N–H and O–H groups in total. The van der Waals surface area contributed by atoms with E-state index < -0.39 is 11.3 Å². The minimum Gasteiger partial charge on any atom is -0.497 e. The van der Waals surface area contributed by atoms with Crippen LogP contribution in [0, 0.1) is 5.41 Å². The van der Waals surface area contributed by atoms with Gasteiger partial charge in [0, 0.05) is 41.0 Å². The standard InChI is InChI=1S/C32H37N3O5/c1-39-22-8-10-23-25(14-22)26-15-32(26,31(38)34-11-12-40-17-21(34)16-36)18-35-27-13-20(30(33)37)7-9-24(27)28(29(23)35)19-5-3-2-4-6-19/h7-10,13-14,19,21,26,36H,2-6,11-12,15-18H2,1H3,(H2,33,37)/t21-,26?,32?/m1/s1. The first-order valence-corrected chi connectivity index (χ1v) is 14.6. The molecule has 2 amide bonds. The molecule has 2 saturated carbocycles. The third-order valence-electron chi connectivity index (χ3n) is 9.93. The number of morpholine rings is 1. The molecule has 2 unspecified atom stereocenters. The van der Waals surface area contributed by atoms with Crippen LogP contribution in [0.1, 0.15) is 71.8 Å². The molecule has 4 aliphatic rings. The van der Waals surface area contributed by atoms with E-state index in [1.54, 1.807) is 7.11 Å². The van der Waals surface area contributed by atoms with Gasteiger partial charge in [0.25, 0.3) is 0 Å². The first kappa shape index (κ1) is 25.6. The lowest BCUT2D eigenvalue weighted by atomic mass is 9.81. The molecule has 40 heavy (non-hydrogen) atoms. The number of carbonyl (C=O) groups excluding carboxylic acids is 2. The SMILES string of the molecule is COc1ccc2c(c1)C1CC1(C(=O)N1CCOC[C@H]1CO)Cn1c-2c(C2CCCCC2)c2ccc(C(N)=O)cc21. The maximum Gasteiger partial charge on any atom is 0.248 e. The molecule has 3 fully saturated rings. The Morgan fingerprint density at radius 3 is 2.73 bits per heavy atom. The van der Waals surface area contributed by atoms with Crippen LogP contribution < -0.4 is 10.5 Å². The van der Waals surface area contributed by atoms with Crippen LogP contribution in [0.2, 0.25) is 0 Å². The highest BCUT2D eigenvalue weighted by atomic mass is 16.5. The Hall–Kier alpha value is -3.36. The van der Waals surface area contributed by atoms with E-state index in [4.69, 9.17) is 15.2 Å². The van der Waals surface area contributed by atoms with Crippen molar-refractivity contribution in [3.63, 3.8) is 0 Å². The number of hydrogen-bond acceptors (Lipinski definition) is 5. The molecule has 8 nitrogen and oxygen atoms in total. The maximum atomic E-state index is 14.5. The molecule has 3 heterocycles. The van der Waals surface area contributed by atoms with Crippen molar-refractivity contribution in [2.75, 3.05) is 33.5 Å². The second kappa shape index (κ2) is 9.63. The quantitative estimate of drug-likeness (QED) is 0.502. The number of carbonyl (C=O) groups is 2. The number of benzene rings is 2. The molecule has 1 saturated heterocycles. The van der Waals surface area contributed by atoms with Crippen LogP contribution in [-0.2, 0) is 16.1 Å². The number of hydrogen-bond donors (Lipinski definition) is 2. The number of amides is 2. The molecule has 0 radical (unpaired) electrons. The van der Waals surface area contributed by atoms with Crippen LogP contribution in [0.25, 0.3) is 22.2 Å². The highest BCUT2D eigenvalue weighted by molar-refractivity contribution is 6.01. The zero-order valence-electron chi connectivity index (χ0n) is 23.0. The van der Waals surface area contributed by atoms with E-state index in [1.165, 1.54) is 30.5 Å². The smallest absolute Gasteiger partial charge is 0.248 e. The zero-order chi connectivity index (χ0) is 27.6. The lowest BCUT2D eigenvalue weighted by molar-refractivity contribution is -0.148. The van der Waals surface area contributed by atoms with Crippen molar-refractivity contribution in [1.82, 2.24) is 9.47 Å². The van der Waals surface area contributed by atoms with Crippen molar-refractivity contribution >= 4 is 22.7 Å². The average Bonchev–Trinajstić information content (AvgIpc) is 3.66. The van der Waals surface area contributed by atoms with Crippen molar-refractivity contribution < 1.29 is 24.2 Å². The van der Waals surface area contributed by atoms with Crippen LogP contribution >= 0.6 is 0 Å². The van der Waals surface area contributed by atoms with Gasteiger partial charge in [0.05, 0.1) is 44.1 Å². The average molecular weight is 544 g/mol. The summed E-state index contributed by atoms with van der Waals surface area (Å²) in [6.07, 6.45) is 6.67. The van der Waals surface area contributed by atoms with Gasteiger partial charge in [0.1, 0.15) is 5.75 Å². The molecule has 0 bridgehead atoms. The summed E-state index contributed by atoms with van der Waals surface area (Å²) in [6.45, 7) is 1.69. The van der Waals surface area contributed by atoms with Crippen molar-refractivity contribution in [2.24, 2.45) is 11.1 Å². The lowest BCUT2D eigenvalue weighted by Gasteiger charge is -2.37. The molecule has 2 aliphatic carbocycles. The molecule has 0 spiro atoms. The normalized spacial score (nSPS) is 26.0. The number of nitrogens with two attached hydrogens (primary N) is 1. The molecular formula is C32H37N3O5. The van der Waals surface area contributed by atoms with Gasteiger partial charge < -0.3 is 29.8 Å². The molecule has 2 aliphatic heterocycles. The molecule has 3 aromatic rings. The van der Waals surface area contributed by atoms with E-state index in [0.717, 1.165) is 47.0 Å². The highest BCUT2D eigenvalue weighted by Crippen LogP contribution is 2.66. The molecule has 7 rings (SSSR count). The number of ether oxygens (including phenoxy) is 2. The highest BCUT2D eigenvalue weighted by Gasteiger charge is 2.64. The summed E-state index contributed by atoms with van der Waals surface area (Å²) in [7, 11) is 1.68. The van der Waals surface area contributed by atoms with Gasteiger partial charge in [-0.05, 0) is 66.6 Å². The monoisotopic (exact) mass is 543 g/mol.